The minimum Gasteiger partial charge on any atom is -0.391 e. The van der Waals surface area contributed by atoms with Crippen LogP contribution in [0.4, 0.5) is 0 Å². The fourth-order valence-electron chi connectivity index (χ4n) is 2.30. The van der Waals surface area contributed by atoms with Crippen molar-refractivity contribution in [1.82, 2.24) is 9.88 Å². The smallest absolute Gasteiger partial charge is 0.268 e. The Hall–Kier alpha value is -2.07. The number of amides is 1. The summed E-state index contributed by atoms with van der Waals surface area (Å²) in [7, 11) is 0. The highest BCUT2D eigenvalue weighted by atomic mass is 16.3. The maximum Gasteiger partial charge on any atom is 0.268 e. The molecule has 21 heavy (non-hydrogen) atoms. The van der Waals surface area contributed by atoms with Crippen molar-refractivity contribution in [2.75, 3.05) is 6.54 Å². The van der Waals surface area contributed by atoms with Gasteiger partial charge in [0, 0.05) is 25.2 Å². The van der Waals surface area contributed by atoms with E-state index in [4.69, 9.17) is 0 Å². The lowest BCUT2D eigenvalue weighted by Crippen LogP contribution is -2.34. The van der Waals surface area contributed by atoms with Gasteiger partial charge in [0.1, 0.15) is 5.69 Å². The maximum atomic E-state index is 12.1. The number of hydrogen-bond acceptors (Lipinski definition) is 2. The van der Waals surface area contributed by atoms with E-state index in [1.54, 1.807) is 6.07 Å². The van der Waals surface area contributed by atoms with Crippen molar-refractivity contribution in [2.24, 2.45) is 0 Å². The summed E-state index contributed by atoms with van der Waals surface area (Å²) in [4.78, 5) is 12.1. The molecule has 0 saturated heterocycles. The molecule has 0 fully saturated rings. The van der Waals surface area contributed by atoms with Crippen LogP contribution in [0, 0.1) is 0 Å². The molecule has 1 aromatic heterocycles. The largest absolute Gasteiger partial charge is 0.391 e. The lowest BCUT2D eigenvalue weighted by atomic mass is 10.1. The topological polar surface area (TPSA) is 54.3 Å². The van der Waals surface area contributed by atoms with E-state index in [2.05, 4.69) is 5.32 Å². The Balaban J connectivity index is 1.87. The van der Waals surface area contributed by atoms with Crippen molar-refractivity contribution in [3.05, 3.63) is 59.9 Å². The number of aliphatic hydroxyl groups is 1. The average molecular weight is 286 g/mol. The molecule has 2 aromatic rings. The number of carbonyl (C=O) groups excluding carboxylic acids is 1. The van der Waals surface area contributed by atoms with E-state index in [1.165, 1.54) is 0 Å². The van der Waals surface area contributed by atoms with E-state index < -0.39 is 6.10 Å². The zero-order valence-electron chi connectivity index (χ0n) is 12.5. The summed E-state index contributed by atoms with van der Waals surface area (Å²) in [5, 5.41) is 12.8. The molecule has 1 aromatic carbocycles. The molecule has 0 aliphatic rings. The molecule has 0 saturated carbocycles. The van der Waals surface area contributed by atoms with Gasteiger partial charge in [0.25, 0.3) is 5.91 Å². The molecule has 4 nitrogen and oxygen atoms in total. The van der Waals surface area contributed by atoms with Crippen molar-refractivity contribution in [2.45, 2.75) is 32.4 Å². The van der Waals surface area contributed by atoms with Gasteiger partial charge in [-0.05, 0) is 31.5 Å². The predicted molar refractivity (Wildman–Crippen MR) is 83.3 cm³/mol. The van der Waals surface area contributed by atoms with Crippen LogP contribution >= 0.6 is 0 Å². The molecule has 0 aliphatic heterocycles. The molecule has 112 valence electrons. The van der Waals surface area contributed by atoms with E-state index in [1.807, 2.05) is 61.0 Å². The summed E-state index contributed by atoms with van der Waals surface area (Å²) in [6.45, 7) is 4.30. The number of nitrogens with one attached hydrogen (secondary N) is 1. The first-order valence-corrected chi connectivity index (χ1v) is 7.25. The van der Waals surface area contributed by atoms with E-state index in [0.717, 1.165) is 5.56 Å². The Morgan fingerprint density at radius 2 is 1.90 bits per heavy atom. The fourth-order valence-corrected chi connectivity index (χ4v) is 2.30. The van der Waals surface area contributed by atoms with Crippen LogP contribution in [-0.2, 0) is 6.42 Å². The Morgan fingerprint density at radius 1 is 1.19 bits per heavy atom. The summed E-state index contributed by atoms with van der Waals surface area (Å²) in [5.74, 6) is -0.152. The van der Waals surface area contributed by atoms with Gasteiger partial charge in [0.2, 0.25) is 0 Å². The van der Waals surface area contributed by atoms with E-state index >= 15 is 0 Å². The molecular formula is C17H22N2O2. The van der Waals surface area contributed by atoms with Gasteiger partial charge >= 0.3 is 0 Å². The van der Waals surface area contributed by atoms with Gasteiger partial charge in [-0.2, -0.15) is 0 Å². The summed E-state index contributed by atoms with van der Waals surface area (Å²) in [6.07, 6.45) is 1.84. The number of aliphatic hydroxyl groups excluding tert-OH is 1. The third-order valence-electron chi connectivity index (χ3n) is 3.38. The van der Waals surface area contributed by atoms with Crippen LogP contribution in [0.25, 0.3) is 0 Å². The standard InChI is InChI=1S/C17H22N2O2/c1-13(2)19-10-6-9-16(19)17(21)18-12-15(20)11-14-7-4-3-5-8-14/h3-10,13,15,20H,11-12H2,1-2H3,(H,18,21). The number of hydrogen-bond donors (Lipinski definition) is 2. The molecule has 2 rings (SSSR count). The first kappa shape index (κ1) is 15.3. The summed E-state index contributed by atoms with van der Waals surface area (Å²) < 4.78 is 1.92. The van der Waals surface area contributed by atoms with Gasteiger partial charge in [-0.15, -0.1) is 0 Å². The van der Waals surface area contributed by atoms with Crippen LogP contribution in [0.1, 0.15) is 35.9 Å². The normalized spacial score (nSPS) is 12.4. The van der Waals surface area contributed by atoms with Crippen LogP contribution in [0.3, 0.4) is 0 Å². The van der Waals surface area contributed by atoms with Crippen LogP contribution < -0.4 is 5.32 Å². The SMILES string of the molecule is CC(C)n1cccc1C(=O)NCC(O)Cc1ccccc1. The van der Waals surface area contributed by atoms with Gasteiger partial charge in [-0.3, -0.25) is 4.79 Å². The van der Waals surface area contributed by atoms with Gasteiger partial charge in [0.05, 0.1) is 6.10 Å². The Morgan fingerprint density at radius 3 is 2.57 bits per heavy atom. The van der Waals surface area contributed by atoms with Crippen molar-refractivity contribution < 1.29 is 9.90 Å². The number of benzene rings is 1. The minimum atomic E-state index is -0.584. The zero-order chi connectivity index (χ0) is 15.2. The monoisotopic (exact) mass is 286 g/mol. The number of aromatic nitrogens is 1. The van der Waals surface area contributed by atoms with Gasteiger partial charge in [-0.25, -0.2) is 0 Å². The molecular weight excluding hydrogens is 264 g/mol. The van der Waals surface area contributed by atoms with Crippen molar-refractivity contribution in [1.29, 1.82) is 0 Å². The predicted octanol–water partition coefficient (Wildman–Crippen LogP) is 2.40. The van der Waals surface area contributed by atoms with Crippen LogP contribution in [0.2, 0.25) is 0 Å². The Bertz CT molecular complexity index is 575. The highest BCUT2D eigenvalue weighted by molar-refractivity contribution is 5.92. The quantitative estimate of drug-likeness (QED) is 0.857. The fraction of sp³-hybridized carbons (Fsp3) is 0.353. The van der Waals surface area contributed by atoms with Crippen molar-refractivity contribution >= 4 is 5.91 Å². The lowest BCUT2D eigenvalue weighted by molar-refractivity contribution is 0.0905. The van der Waals surface area contributed by atoms with E-state index in [-0.39, 0.29) is 18.5 Å². The Kier molecular flexibility index (Phi) is 5.17. The second kappa shape index (κ2) is 7.09. The molecule has 4 heteroatoms. The average Bonchev–Trinajstić information content (AvgIpc) is 2.95. The molecule has 2 N–H and O–H groups in total. The maximum absolute atomic E-state index is 12.1. The number of rotatable bonds is 6. The molecule has 0 aliphatic carbocycles. The first-order chi connectivity index (χ1) is 10.1. The van der Waals surface area contributed by atoms with Crippen molar-refractivity contribution in [3.8, 4) is 0 Å². The van der Waals surface area contributed by atoms with Crippen LogP contribution in [-0.4, -0.2) is 28.2 Å². The number of nitrogens with zero attached hydrogens (tertiary/aromatic N) is 1. The third kappa shape index (κ3) is 4.20. The molecule has 1 heterocycles. The second-order valence-electron chi connectivity index (χ2n) is 5.45. The Labute approximate surface area is 125 Å². The minimum absolute atomic E-state index is 0.152. The van der Waals surface area contributed by atoms with Crippen molar-refractivity contribution in [3.63, 3.8) is 0 Å². The van der Waals surface area contributed by atoms with E-state index in [0.29, 0.717) is 12.1 Å². The summed E-state index contributed by atoms with van der Waals surface area (Å²) >= 11 is 0. The highest BCUT2D eigenvalue weighted by Gasteiger charge is 2.14. The molecule has 1 unspecified atom stereocenters. The molecule has 0 bridgehead atoms. The highest BCUT2D eigenvalue weighted by Crippen LogP contribution is 2.10. The molecule has 0 radical (unpaired) electrons. The van der Waals surface area contributed by atoms with Gasteiger partial charge < -0.3 is 15.0 Å². The molecule has 1 amide bonds. The van der Waals surface area contributed by atoms with Gasteiger partial charge in [-0.1, -0.05) is 30.3 Å². The second-order valence-corrected chi connectivity index (χ2v) is 5.45. The summed E-state index contributed by atoms with van der Waals surface area (Å²) in [6, 6.07) is 13.6. The molecule has 1 atom stereocenters. The zero-order valence-corrected chi connectivity index (χ0v) is 12.5. The van der Waals surface area contributed by atoms with Crippen LogP contribution in [0.5, 0.6) is 0 Å². The third-order valence-corrected chi connectivity index (χ3v) is 3.38. The number of carbonyl (C=O) groups is 1. The lowest BCUT2D eigenvalue weighted by Gasteiger charge is -2.15. The van der Waals surface area contributed by atoms with E-state index in [9.17, 15) is 9.90 Å². The molecule has 0 spiro atoms. The summed E-state index contributed by atoms with van der Waals surface area (Å²) in [5.41, 5.74) is 1.68. The first-order valence-electron chi connectivity index (χ1n) is 7.25. The van der Waals surface area contributed by atoms with Crippen LogP contribution in [0.15, 0.2) is 48.7 Å². The van der Waals surface area contributed by atoms with Gasteiger partial charge in [0.15, 0.2) is 0 Å².